The molecule has 0 radical (unpaired) electrons. The Labute approximate surface area is 146 Å². The monoisotopic (exact) mass is 336 g/mol. The number of hydrogen-bond donors (Lipinski definition) is 2. The van der Waals surface area contributed by atoms with Crippen LogP contribution in [0.15, 0.2) is 36.7 Å². The average molecular weight is 336 g/mol. The molecule has 6 heteroatoms. The molecule has 6 nitrogen and oxygen atoms in total. The average Bonchev–Trinajstić information content (AvgIpc) is 3.29. The van der Waals surface area contributed by atoms with E-state index in [1.54, 1.807) is 12.4 Å². The van der Waals surface area contributed by atoms with Crippen LogP contribution < -0.4 is 10.6 Å². The third kappa shape index (κ3) is 2.92. The molecule has 2 aromatic rings. The fraction of sp³-hybridized carbons (Fsp3) is 0.421. The molecular weight excluding hydrogens is 316 g/mol. The second-order valence-electron chi connectivity index (χ2n) is 7.11. The van der Waals surface area contributed by atoms with Crippen molar-refractivity contribution in [2.75, 3.05) is 11.9 Å². The molecule has 1 amide bonds. The van der Waals surface area contributed by atoms with E-state index in [1.165, 1.54) is 0 Å². The minimum absolute atomic E-state index is 0.117. The van der Waals surface area contributed by atoms with E-state index in [-0.39, 0.29) is 12.0 Å². The van der Waals surface area contributed by atoms with Crippen LogP contribution in [0.3, 0.4) is 0 Å². The number of ether oxygens (including phenoxy) is 1. The minimum atomic E-state index is -0.187. The number of carbonyl (C=O) groups excluding carboxylic acids is 1. The number of benzene rings is 1. The first kappa shape index (κ1) is 15.0. The number of rotatable bonds is 4. The van der Waals surface area contributed by atoms with Gasteiger partial charge >= 0.3 is 0 Å². The van der Waals surface area contributed by atoms with Crippen molar-refractivity contribution < 1.29 is 9.53 Å². The first-order valence-electron chi connectivity index (χ1n) is 8.88. The second-order valence-corrected chi connectivity index (χ2v) is 7.11. The highest BCUT2D eigenvalue weighted by molar-refractivity contribution is 6.03. The predicted molar refractivity (Wildman–Crippen MR) is 92.4 cm³/mol. The molecule has 3 unspecified atom stereocenters. The molecule has 2 aliphatic heterocycles. The van der Waals surface area contributed by atoms with E-state index in [2.05, 4.69) is 20.6 Å². The maximum atomic E-state index is 12.3. The van der Waals surface area contributed by atoms with Crippen molar-refractivity contribution >= 4 is 11.6 Å². The SMILES string of the molecule is O=C(Nc1ccc(C2OC3CNC2C3)cc1)c1cnc(C2CC2)nc1. The van der Waals surface area contributed by atoms with Crippen LogP contribution in [-0.2, 0) is 4.74 Å². The lowest BCUT2D eigenvalue weighted by molar-refractivity contribution is 0.0160. The van der Waals surface area contributed by atoms with E-state index < -0.39 is 0 Å². The number of carbonyl (C=O) groups is 1. The molecule has 1 saturated carbocycles. The van der Waals surface area contributed by atoms with Gasteiger partial charge in [0.25, 0.3) is 5.91 Å². The summed E-state index contributed by atoms with van der Waals surface area (Å²) in [6, 6.07) is 8.29. The quantitative estimate of drug-likeness (QED) is 0.897. The zero-order chi connectivity index (χ0) is 16.8. The van der Waals surface area contributed by atoms with Gasteiger partial charge in [0.05, 0.1) is 17.8 Å². The Balaban J connectivity index is 1.25. The van der Waals surface area contributed by atoms with Gasteiger partial charge in [0.15, 0.2) is 0 Å². The number of hydrogen-bond acceptors (Lipinski definition) is 5. The van der Waals surface area contributed by atoms with Crippen LogP contribution >= 0.6 is 0 Å². The normalized spacial score (nSPS) is 27.4. The summed E-state index contributed by atoms with van der Waals surface area (Å²) in [6.07, 6.45) is 7.07. The number of anilines is 1. The fourth-order valence-electron chi connectivity index (χ4n) is 3.65. The Bertz CT molecular complexity index is 786. The van der Waals surface area contributed by atoms with Crippen molar-refractivity contribution in [2.45, 2.75) is 43.4 Å². The zero-order valence-corrected chi connectivity index (χ0v) is 13.8. The lowest BCUT2D eigenvalue weighted by atomic mass is 10.0. The molecule has 25 heavy (non-hydrogen) atoms. The van der Waals surface area contributed by atoms with Crippen LogP contribution in [0.1, 0.15) is 53.0 Å². The lowest BCUT2D eigenvalue weighted by Crippen LogP contribution is -2.33. The van der Waals surface area contributed by atoms with Crippen LogP contribution in [0.2, 0.25) is 0 Å². The van der Waals surface area contributed by atoms with Crippen LogP contribution in [-0.4, -0.2) is 34.6 Å². The Morgan fingerprint density at radius 1 is 1.16 bits per heavy atom. The molecule has 3 atom stereocenters. The highest BCUT2D eigenvalue weighted by Crippen LogP contribution is 2.38. The Hall–Kier alpha value is -2.31. The Morgan fingerprint density at radius 3 is 2.52 bits per heavy atom. The highest BCUT2D eigenvalue weighted by Gasteiger charge is 2.41. The van der Waals surface area contributed by atoms with Crippen molar-refractivity contribution in [3.05, 3.63) is 53.6 Å². The van der Waals surface area contributed by atoms with Gasteiger partial charge in [-0.3, -0.25) is 4.79 Å². The molecule has 3 fully saturated rings. The van der Waals surface area contributed by atoms with Gasteiger partial charge in [-0.2, -0.15) is 0 Å². The number of nitrogens with one attached hydrogen (secondary N) is 2. The fourth-order valence-corrected chi connectivity index (χ4v) is 3.65. The number of morpholine rings is 1. The standard InChI is InChI=1S/C19H20N4O2/c24-19(13-8-21-18(22-9-13)12-1-2-12)23-14-5-3-11(4-6-14)17-16-7-15(25-17)10-20-16/h3-6,8-9,12,15-17,20H,1-2,7,10H2,(H,23,24). The van der Waals surface area contributed by atoms with Gasteiger partial charge in [-0.05, 0) is 37.0 Å². The van der Waals surface area contributed by atoms with Gasteiger partial charge in [0.2, 0.25) is 0 Å². The highest BCUT2D eigenvalue weighted by atomic mass is 16.5. The van der Waals surface area contributed by atoms with Gasteiger partial charge in [0.1, 0.15) is 5.82 Å². The summed E-state index contributed by atoms with van der Waals surface area (Å²) in [6.45, 7) is 0.955. The third-order valence-corrected chi connectivity index (χ3v) is 5.20. The topological polar surface area (TPSA) is 76.1 Å². The van der Waals surface area contributed by atoms with Gasteiger partial charge in [-0.1, -0.05) is 12.1 Å². The summed E-state index contributed by atoms with van der Waals surface area (Å²) in [7, 11) is 0. The van der Waals surface area contributed by atoms with Gasteiger partial charge in [-0.25, -0.2) is 9.97 Å². The summed E-state index contributed by atoms with van der Waals surface area (Å²) in [5.41, 5.74) is 2.39. The van der Waals surface area contributed by atoms with Crippen molar-refractivity contribution in [3.63, 3.8) is 0 Å². The molecule has 2 saturated heterocycles. The smallest absolute Gasteiger partial charge is 0.258 e. The van der Waals surface area contributed by atoms with Crippen LogP contribution in [0.25, 0.3) is 0 Å². The first-order valence-corrected chi connectivity index (χ1v) is 8.88. The van der Waals surface area contributed by atoms with Crippen molar-refractivity contribution in [1.82, 2.24) is 15.3 Å². The van der Waals surface area contributed by atoms with Gasteiger partial charge in [0, 0.05) is 36.6 Å². The summed E-state index contributed by atoms with van der Waals surface area (Å²) in [4.78, 5) is 20.9. The summed E-state index contributed by atoms with van der Waals surface area (Å²) < 4.78 is 6.01. The summed E-state index contributed by atoms with van der Waals surface area (Å²) in [5.74, 6) is 1.15. The predicted octanol–water partition coefficient (Wildman–Crippen LogP) is 2.41. The number of fused-ring (bicyclic) bond motifs is 2. The molecular formula is C19H20N4O2. The Kier molecular flexibility index (Phi) is 3.53. The van der Waals surface area contributed by atoms with Gasteiger partial charge in [-0.15, -0.1) is 0 Å². The van der Waals surface area contributed by atoms with Crippen LogP contribution in [0.4, 0.5) is 5.69 Å². The number of aromatic nitrogens is 2. The van der Waals surface area contributed by atoms with E-state index in [0.29, 0.717) is 23.6 Å². The second kappa shape index (κ2) is 5.89. The first-order chi connectivity index (χ1) is 12.3. The molecule has 1 aromatic carbocycles. The van der Waals surface area contributed by atoms with Crippen LogP contribution in [0.5, 0.6) is 0 Å². The van der Waals surface area contributed by atoms with E-state index >= 15 is 0 Å². The van der Waals surface area contributed by atoms with E-state index in [9.17, 15) is 4.79 Å². The third-order valence-electron chi connectivity index (χ3n) is 5.20. The molecule has 128 valence electrons. The Morgan fingerprint density at radius 2 is 1.92 bits per heavy atom. The molecule has 3 heterocycles. The van der Waals surface area contributed by atoms with Crippen molar-refractivity contribution in [1.29, 1.82) is 0 Å². The number of nitrogens with zero attached hydrogens (tertiary/aromatic N) is 2. The maximum Gasteiger partial charge on any atom is 0.258 e. The van der Waals surface area contributed by atoms with Gasteiger partial charge < -0.3 is 15.4 Å². The summed E-state index contributed by atoms with van der Waals surface area (Å²) >= 11 is 0. The molecule has 2 N–H and O–H groups in total. The minimum Gasteiger partial charge on any atom is -0.367 e. The van der Waals surface area contributed by atoms with Crippen LogP contribution in [0, 0.1) is 0 Å². The van der Waals surface area contributed by atoms with E-state index in [1.807, 2.05) is 24.3 Å². The molecule has 1 aliphatic carbocycles. The molecule has 1 aromatic heterocycles. The molecule has 0 spiro atoms. The van der Waals surface area contributed by atoms with Crippen molar-refractivity contribution in [3.8, 4) is 0 Å². The molecule has 5 rings (SSSR count). The number of amides is 1. The lowest BCUT2D eigenvalue weighted by Gasteiger charge is -2.23. The largest absolute Gasteiger partial charge is 0.367 e. The zero-order valence-electron chi connectivity index (χ0n) is 13.8. The van der Waals surface area contributed by atoms with E-state index in [0.717, 1.165) is 42.9 Å². The molecule has 3 aliphatic rings. The van der Waals surface area contributed by atoms with Crippen molar-refractivity contribution in [2.24, 2.45) is 0 Å². The maximum absolute atomic E-state index is 12.3. The molecule has 2 bridgehead atoms. The summed E-state index contributed by atoms with van der Waals surface area (Å²) in [5, 5.41) is 6.38. The van der Waals surface area contributed by atoms with E-state index in [4.69, 9.17) is 4.74 Å².